The van der Waals surface area contributed by atoms with E-state index in [4.69, 9.17) is 4.74 Å². The van der Waals surface area contributed by atoms with Crippen LogP contribution in [-0.2, 0) is 4.74 Å². The minimum Gasteiger partial charge on any atom is -0.382 e. The Labute approximate surface area is 109 Å². The van der Waals surface area contributed by atoms with Crippen molar-refractivity contribution in [3.63, 3.8) is 0 Å². The van der Waals surface area contributed by atoms with Crippen molar-refractivity contribution >= 4 is 0 Å². The van der Waals surface area contributed by atoms with E-state index < -0.39 is 0 Å². The molecule has 0 atom stereocenters. The molecule has 3 heteroatoms. The van der Waals surface area contributed by atoms with Gasteiger partial charge in [-0.15, -0.1) is 0 Å². The van der Waals surface area contributed by atoms with Gasteiger partial charge in [-0.05, 0) is 50.3 Å². The zero-order valence-corrected chi connectivity index (χ0v) is 11.0. The number of nitrogens with one attached hydrogen (secondary N) is 1. The lowest BCUT2D eigenvalue weighted by molar-refractivity contribution is 0.142. The topological polar surface area (TPSA) is 21.3 Å². The Balaban J connectivity index is 1.64. The van der Waals surface area contributed by atoms with E-state index in [-0.39, 0.29) is 5.82 Å². The molecule has 100 valence electrons. The fourth-order valence-electron chi connectivity index (χ4n) is 2.47. The van der Waals surface area contributed by atoms with Crippen LogP contribution in [0.15, 0.2) is 24.3 Å². The van der Waals surface area contributed by atoms with Gasteiger partial charge in [-0.3, -0.25) is 0 Å². The van der Waals surface area contributed by atoms with Crippen LogP contribution in [0.3, 0.4) is 0 Å². The summed E-state index contributed by atoms with van der Waals surface area (Å²) in [6.45, 7) is 4.62. The molecule has 1 aliphatic rings. The number of hydrogen-bond donors (Lipinski definition) is 1. The molecule has 18 heavy (non-hydrogen) atoms. The van der Waals surface area contributed by atoms with Crippen LogP contribution in [0.1, 0.15) is 37.7 Å². The number of ether oxygens (including phenoxy) is 1. The SMILES string of the molecule is CCOCCCNC1CC(c2ccccc2F)C1. The first kappa shape index (κ1) is 13.5. The van der Waals surface area contributed by atoms with Crippen LogP contribution in [0.25, 0.3) is 0 Å². The van der Waals surface area contributed by atoms with Crippen LogP contribution >= 0.6 is 0 Å². The normalized spacial score (nSPS) is 22.8. The first-order chi connectivity index (χ1) is 8.81. The van der Waals surface area contributed by atoms with Crippen LogP contribution in [0.4, 0.5) is 4.39 Å². The summed E-state index contributed by atoms with van der Waals surface area (Å²) in [5.74, 6) is 0.341. The molecule has 0 radical (unpaired) electrons. The van der Waals surface area contributed by atoms with E-state index in [1.54, 1.807) is 12.1 Å². The smallest absolute Gasteiger partial charge is 0.126 e. The molecule has 2 nitrogen and oxygen atoms in total. The van der Waals surface area contributed by atoms with Crippen LogP contribution in [-0.4, -0.2) is 25.8 Å². The van der Waals surface area contributed by atoms with Gasteiger partial charge in [0.05, 0.1) is 0 Å². The molecular weight excluding hydrogens is 229 g/mol. The van der Waals surface area contributed by atoms with Crippen molar-refractivity contribution in [3.05, 3.63) is 35.6 Å². The van der Waals surface area contributed by atoms with Gasteiger partial charge >= 0.3 is 0 Å². The highest BCUT2D eigenvalue weighted by molar-refractivity contribution is 5.24. The monoisotopic (exact) mass is 251 g/mol. The molecule has 1 aromatic rings. The summed E-state index contributed by atoms with van der Waals surface area (Å²) >= 11 is 0. The van der Waals surface area contributed by atoms with Gasteiger partial charge in [-0.25, -0.2) is 4.39 Å². The zero-order chi connectivity index (χ0) is 12.8. The summed E-state index contributed by atoms with van der Waals surface area (Å²) in [6, 6.07) is 7.68. The Hall–Kier alpha value is -0.930. The standard InChI is InChI=1S/C15H22FNO/c1-2-18-9-5-8-17-13-10-12(11-13)14-6-3-4-7-15(14)16/h3-4,6-7,12-13,17H,2,5,8-11H2,1H3. The molecular formula is C15H22FNO. The molecule has 0 bridgehead atoms. The van der Waals surface area contributed by atoms with Crippen molar-refractivity contribution in [2.75, 3.05) is 19.8 Å². The molecule has 0 unspecified atom stereocenters. The Morgan fingerprint density at radius 2 is 2.11 bits per heavy atom. The second-order valence-corrected chi connectivity index (χ2v) is 4.89. The molecule has 1 fully saturated rings. The second kappa shape index (κ2) is 6.86. The highest BCUT2D eigenvalue weighted by Gasteiger charge is 2.31. The van der Waals surface area contributed by atoms with Crippen molar-refractivity contribution in [2.45, 2.75) is 38.1 Å². The lowest BCUT2D eigenvalue weighted by Gasteiger charge is -2.36. The molecule has 0 spiro atoms. The number of benzene rings is 1. The fourth-order valence-corrected chi connectivity index (χ4v) is 2.47. The summed E-state index contributed by atoms with van der Waals surface area (Å²) in [6.07, 6.45) is 3.15. The van der Waals surface area contributed by atoms with E-state index in [2.05, 4.69) is 5.32 Å². The van der Waals surface area contributed by atoms with E-state index >= 15 is 0 Å². The van der Waals surface area contributed by atoms with Crippen molar-refractivity contribution in [1.29, 1.82) is 0 Å². The van der Waals surface area contributed by atoms with Crippen LogP contribution in [0.2, 0.25) is 0 Å². The maximum absolute atomic E-state index is 13.5. The lowest BCUT2D eigenvalue weighted by atomic mass is 9.75. The fraction of sp³-hybridized carbons (Fsp3) is 0.600. The average molecular weight is 251 g/mol. The van der Waals surface area contributed by atoms with Gasteiger partial charge in [0.15, 0.2) is 0 Å². The Morgan fingerprint density at radius 1 is 1.33 bits per heavy atom. The number of hydrogen-bond acceptors (Lipinski definition) is 2. The van der Waals surface area contributed by atoms with Gasteiger partial charge in [0.2, 0.25) is 0 Å². The van der Waals surface area contributed by atoms with Crippen LogP contribution < -0.4 is 5.32 Å². The van der Waals surface area contributed by atoms with E-state index in [1.165, 1.54) is 0 Å². The van der Waals surface area contributed by atoms with Gasteiger partial charge < -0.3 is 10.1 Å². The molecule has 2 rings (SSSR count). The van der Waals surface area contributed by atoms with E-state index in [0.717, 1.165) is 44.6 Å². The van der Waals surface area contributed by atoms with Crippen molar-refractivity contribution in [3.8, 4) is 0 Å². The van der Waals surface area contributed by atoms with Crippen molar-refractivity contribution < 1.29 is 9.13 Å². The Kier molecular flexibility index (Phi) is 5.14. The molecule has 0 saturated heterocycles. The third kappa shape index (κ3) is 3.53. The van der Waals surface area contributed by atoms with Crippen LogP contribution in [0.5, 0.6) is 0 Å². The maximum Gasteiger partial charge on any atom is 0.126 e. The quantitative estimate of drug-likeness (QED) is 0.752. The Morgan fingerprint density at radius 3 is 2.83 bits per heavy atom. The summed E-state index contributed by atoms with van der Waals surface area (Å²) in [5.41, 5.74) is 0.880. The predicted octanol–water partition coefficient (Wildman–Crippen LogP) is 3.09. The largest absolute Gasteiger partial charge is 0.382 e. The van der Waals surface area contributed by atoms with Gasteiger partial charge in [-0.1, -0.05) is 18.2 Å². The van der Waals surface area contributed by atoms with E-state index in [0.29, 0.717) is 12.0 Å². The van der Waals surface area contributed by atoms with E-state index in [1.807, 2.05) is 19.1 Å². The van der Waals surface area contributed by atoms with Gasteiger partial charge in [0, 0.05) is 19.3 Å². The number of halogens is 1. The first-order valence-electron chi connectivity index (χ1n) is 6.86. The number of rotatable bonds is 7. The molecule has 0 aromatic heterocycles. The second-order valence-electron chi connectivity index (χ2n) is 4.89. The molecule has 1 aliphatic carbocycles. The van der Waals surface area contributed by atoms with Crippen molar-refractivity contribution in [1.82, 2.24) is 5.32 Å². The highest BCUT2D eigenvalue weighted by Crippen LogP contribution is 2.37. The van der Waals surface area contributed by atoms with Crippen molar-refractivity contribution in [2.24, 2.45) is 0 Å². The first-order valence-corrected chi connectivity index (χ1v) is 6.86. The minimum atomic E-state index is -0.0581. The lowest BCUT2D eigenvalue weighted by Crippen LogP contribution is -2.40. The molecule has 1 aromatic carbocycles. The highest BCUT2D eigenvalue weighted by atomic mass is 19.1. The third-order valence-electron chi connectivity index (χ3n) is 3.59. The summed E-state index contributed by atoms with van der Waals surface area (Å²) in [5, 5.41) is 3.49. The van der Waals surface area contributed by atoms with Gasteiger partial charge in [-0.2, -0.15) is 0 Å². The van der Waals surface area contributed by atoms with Gasteiger partial charge in [0.25, 0.3) is 0 Å². The van der Waals surface area contributed by atoms with Crippen LogP contribution in [0, 0.1) is 5.82 Å². The molecule has 0 heterocycles. The Bertz CT molecular complexity index is 363. The molecule has 0 amide bonds. The third-order valence-corrected chi connectivity index (χ3v) is 3.59. The summed E-state index contributed by atoms with van der Waals surface area (Å²) in [4.78, 5) is 0. The van der Waals surface area contributed by atoms with Gasteiger partial charge in [0.1, 0.15) is 5.82 Å². The van der Waals surface area contributed by atoms with E-state index in [9.17, 15) is 4.39 Å². The molecule has 1 N–H and O–H groups in total. The summed E-state index contributed by atoms with van der Waals surface area (Å²) in [7, 11) is 0. The molecule has 1 saturated carbocycles. The summed E-state index contributed by atoms with van der Waals surface area (Å²) < 4.78 is 18.8. The zero-order valence-electron chi connectivity index (χ0n) is 11.0. The minimum absolute atomic E-state index is 0.0581. The molecule has 0 aliphatic heterocycles. The maximum atomic E-state index is 13.5. The predicted molar refractivity (Wildman–Crippen MR) is 71.3 cm³/mol. The average Bonchev–Trinajstić information content (AvgIpc) is 2.33.